The highest BCUT2D eigenvalue weighted by Gasteiger charge is 2.19. The second-order valence-electron chi connectivity index (χ2n) is 6.75. The Labute approximate surface area is 164 Å². The largest absolute Gasteiger partial charge is 0.370 e. The molecule has 1 aromatic carbocycles. The number of anilines is 1. The summed E-state index contributed by atoms with van der Waals surface area (Å²) in [5.74, 6) is 1.36. The Kier molecular flexibility index (Phi) is 5.46. The lowest BCUT2D eigenvalue weighted by atomic mass is 10.1. The number of nitrogens with two attached hydrogens (primary N) is 1. The number of rotatable bonds is 5. The molecule has 2 aromatic heterocycles. The summed E-state index contributed by atoms with van der Waals surface area (Å²) in [6.07, 6.45) is 9.11. The normalized spacial score (nSPS) is 15.1. The molecule has 0 amide bonds. The molecular weight excluding hydrogens is 352 g/mol. The van der Waals surface area contributed by atoms with Crippen molar-refractivity contribution in [3.8, 4) is 0 Å². The van der Waals surface area contributed by atoms with E-state index in [1.54, 1.807) is 18.6 Å². The predicted molar refractivity (Wildman–Crippen MR) is 109 cm³/mol. The summed E-state index contributed by atoms with van der Waals surface area (Å²) in [7, 11) is 0. The fourth-order valence-electron chi connectivity index (χ4n) is 3.28. The number of hydrogen-bond donors (Lipinski definition) is 1. The molecule has 4 rings (SSSR count). The summed E-state index contributed by atoms with van der Waals surface area (Å²) >= 11 is 0. The van der Waals surface area contributed by atoms with Gasteiger partial charge in [0.15, 0.2) is 5.96 Å². The van der Waals surface area contributed by atoms with Gasteiger partial charge in [-0.15, -0.1) is 0 Å². The third-order valence-corrected chi connectivity index (χ3v) is 4.78. The highest BCUT2D eigenvalue weighted by molar-refractivity contribution is 5.78. The van der Waals surface area contributed by atoms with Crippen LogP contribution in [-0.2, 0) is 13.1 Å². The first-order valence-electron chi connectivity index (χ1n) is 9.38. The maximum absolute atomic E-state index is 6.24. The minimum Gasteiger partial charge on any atom is -0.370 e. The minimum absolute atomic E-state index is 0.575. The number of guanidine groups is 1. The summed E-state index contributed by atoms with van der Waals surface area (Å²) in [6.45, 7) is 4.67. The van der Waals surface area contributed by atoms with Crippen LogP contribution in [0.25, 0.3) is 0 Å². The number of aromatic nitrogens is 4. The maximum Gasteiger partial charge on any atom is 0.225 e. The van der Waals surface area contributed by atoms with Crippen LogP contribution in [0.5, 0.6) is 0 Å². The van der Waals surface area contributed by atoms with E-state index in [2.05, 4.69) is 54.0 Å². The smallest absolute Gasteiger partial charge is 0.225 e. The van der Waals surface area contributed by atoms with E-state index >= 15 is 0 Å². The lowest BCUT2D eigenvalue weighted by molar-refractivity contribution is 0.378. The number of aliphatic imine (C=N–C) groups is 1. The Morgan fingerprint density at radius 3 is 2.54 bits per heavy atom. The Bertz CT molecular complexity index is 899. The van der Waals surface area contributed by atoms with Crippen molar-refractivity contribution < 1.29 is 0 Å². The first-order valence-corrected chi connectivity index (χ1v) is 9.38. The van der Waals surface area contributed by atoms with Crippen LogP contribution in [0.3, 0.4) is 0 Å². The van der Waals surface area contributed by atoms with E-state index < -0.39 is 0 Å². The van der Waals surface area contributed by atoms with E-state index in [0.29, 0.717) is 12.5 Å². The highest BCUT2D eigenvalue weighted by atomic mass is 15.3. The summed E-state index contributed by atoms with van der Waals surface area (Å²) in [5, 5.41) is 0. The second kappa shape index (κ2) is 8.51. The van der Waals surface area contributed by atoms with Crippen LogP contribution in [0.2, 0.25) is 0 Å². The van der Waals surface area contributed by atoms with Gasteiger partial charge >= 0.3 is 0 Å². The van der Waals surface area contributed by atoms with Crippen molar-refractivity contribution in [1.82, 2.24) is 24.4 Å². The summed E-state index contributed by atoms with van der Waals surface area (Å²) < 4.78 is 2.05. The molecule has 144 valence electrons. The van der Waals surface area contributed by atoms with Gasteiger partial charge in [-0.25, -0.2) is 19.9 Å². The molecule has 0 spiro atoms. The molecule has 0 atom stereocenters. The Morgan fingerprint density at radius 1 is 1.00 bits per heavy atom. The van der Waals surface area contributed by atoms with Gasteiger partial charge in [0.25, 0.3) is 0 Å². The van der Waals surface area contributed by atoms with Gasteiger partial charge in [-0.05, 0) is 17.2 Å². The van der Waals surface area contributed by atoms with Crippen LogP contribution in [0, 0.1) is 0 Å². The van der Waals surface area contributed by atoms with Crippen LogP contribution in [0.15, 0.2) is 66.4 Å². The SMILES string of the molecule is NC(=NCc1cccc(Cn2ccnc2)c1)N1CCN(c2ncccn2)CC1. The molecule has 3 aromatic rings. The molecule has 1 aliphatic heterocycles. The molecular formula is C20H24N8. The molecule has 0 aliphatic carbocycles. The number of piperazine rings is 1. The average Bonchev–Trinajstić information content (AvgIpc) is 3.26. The van der Waals surface area contributed by atoms with Crippen molar-refractivity contribution in [3.63, 3.8) is 0 Å². The molecule has 28 heavy (non-hydrogen) atoms. The Morgan fingerprint density at radius 2 is 1.79 bits per heavy atom. The molecule has 0 radical (unpaired) electrons. The fraction of sp³-hybridized carbons (Fsp3) is 0.300. The lowest BCUT2D eigenvalue weighted by Gasteiger charge is -2.35. The quantitative estimate of drug-likeness (QED) is 0.534. The zero-order valence-electron chi connectivity index (χ0n) is 15.7. The van der Waals surface area contributed by atoms with Gasteiger partial charge in [-0.2, -0.15) is 0 Å². The molecule has 0 unspecified atom stereocenters. The van der Waals surface area contributed by atoms with Gasteiger partial charge in [0.1, 0.15) is 0 Å². The zero-order chi connectivity index (χ0) is 19.2. The third kappa shape index (κ3) is 4.46. The molecule has 1 fully saturated rings. The van der Waals surface area contributed by atoms with Crippen molar-refractivity contribution in [2.24, 2.45) is 10.7 Å². The van der Waals surface area contributed by atoms with E-state index in [-0.39, 0.29) is 0 Å². The molecule has 0 bridgehead atoms. The number of hydrogen-bond acceptors (Lipinski definition) is 5. The Balaban J connectivity index is 1.32. The van der Waals surface area contributed by atoms with Gasteiger partial charge in [0, 0.05) is 57.5 Å². The van der Waals surface area contributed by atoms with E-state index in [0.717, 1.165) is 44.2 Å². The van der Waals surface area contributed by atoms with Crippen molar-refractivity contribution in [2.45, 2.75) is 13.1 Å². The molecule has 8 heteroatoms. The standard InChI is InChI=1S/C20H24N8/c21-19(27-9-11-28(12-10-27)20-23-5-2-6-24-20)25-14-17-3-1-4-18(13-17)15-26-8-7-22-16-26/h1-8,13,16H,9-12,14-15H2,(H2,21,25). The van der Waals surface area contributed by atoms with Crippen molar-refractivity contribution in [1.29, 1.82) is 0 Å². The molecule has 2 N–H and O–H groups in total. The van der Waals surface area contributed by atoms with Crippen molar-refractivity contribution >= 4 is 11.9 Å². The third-order valence-electron chi connectivity index (χ3n) is 4.78. The van der Waals surface area contributed by atoms with Gasteiger partial charge < -0.3 is 20.1 Å². The number of imidazole rings is 1. The summed E-state index contributed by atoms with van der Waals surface area (Å²) in [4.78, 5) is 21.6. The monoisotopic (exact) mass is 376 g/mol. The minimum atomic E-state index is 0.575. The molecule has 0 saturated carbocycles. The maximum atomic E-state index is 6.24. The van der Waals surface area contributed by atoms with Crippen molar-refractivity contribution in [2.75, 3.05) is 31.1 Å². The predicted octanol–water partition coefficient (Wildman–Crippen LogP) is 1.36. The van der Waals surface area contributed by atoms with Crippen molar-refractivity contribution in [3.05, 3.63) is 72.6 Å². The van der Waals surface area contributed by atoms with Crippen LogP contribution >= 0.6 is 0 Å². The molecule has 3 heterocycles. The number of nitrogens with zero attached hydrogens (tertiary/aromatic N) is 7. The van der Waals surface area contributed by atoms with Gasteiger partial charge in [0.05, 0.1) is 12.9 Å². The zero-order valence-corrected chi connectivity index (χ0v) is 15.7. The van der Waals surface area contributed by atoms with Crippen LogP contribution in [-0.4, -0.2) is 56.6 Å². The van der Waals surface area contributed by atoms with E-state index in [1.165, 1.54) is 5.56 Å². The van der Waals surface area contributed by atoms with Gasteiger partial charge in [0.2, 0.25) is 5.95 Å². The highest BCUT2D eigenvalue weighted by Crippen LogP contribution is 2.11. The molecule has 1 saturated heterocycles. The summed E-state index contributed by atoms with van der Waals surface area (Å²) in [6, 6.07) is 10.3. The summed E-state index contributed by atoms with van der Waals surface area (Å²) in [5.41, 5.74) is 8.61. The van der Waals surface area contributed by atoms with Gasteiger partial charge in [-0.3, -0.25) is 0 Å². The Hall–Kier alpha value is -3.42. The first kappa shape index (κ1) is 18.0. The first-order chi connectivity index (χ1) is 13.8. The number of benzene rings is 1. The van der Waals surface area contributed by atoms with Crippen LogP contribution < -0.4 is 10.6 Å². The topological polar surface area (TPSA) is 88.5 Å². The average molecular weight is 376 g/mol. The van der Waals surface area contributed by atoms with E-state index in [4.69, 9.17) is 5.73 Å². The van der Waals surface area contributed by atoms with Gasteiger partial charge in [-0.1, -0.05) is 24.3 Å². The van der Waals surface area contributed by atoms with Crippen LogP contribution in [0.1, 0.15) is 11.1 Å². The lowest BCUT2D eigenvalue weighted by Crippen LogP contribution is -2.51. The van der Waals surface area contributed by atoms with E-state index in [9.17, 15) is 0 Å². The fourth-order valence-corrected chi connectivity index (χ4v) is 3.28. The molecule has 8 nitrogen and oxygen atoms in total. The van der Waals surface area contributed by atoms with Crippen LogP contribution in [0.4, 0.5) is 5.95 Å². The van der Waals surface area contributed by atoms with E-state index in [1.807, 2.05) is 23.2 Å². The second-order valence-corrected chi connectivity index (χ2v) is 6.75. The molecule has 1 aliphatic rings.